The molecule has 1 aromatic heterocycles. The Morgan fingerprint density at radius 3 is 2.54 bits per heavy atom. The van der Waals surface area contributed by atoms with Gasteiger partial charge in [-0.2, -0.15) is 0 Å². The standard InChI is InChI=1S/C21H21N3OS/c1-16-6-5-9-18-20(16)22-21(26-18)24-14-12-23(13-15-24)19(25)11-10-17-7-3-2-4-8-17/h2-11H,12-15H2,1H3. The van der Waals surface area contributed by atoms with Gasteiger partial charge in [-0.1, -0.05) is 53.8 Å². The molecule has 4 nitrogen and oxygen atoms in total. The van der Waals surface area contributed by atoms with Gasteiger partial charge in [-0.15, -0.1) is 0 Å². The Balaban J connectivity index is 1.39. The number of benzene rings is 2. The second-order valence-electron chi connectivity index (χ2n) is 6.47. The first kappa shape index (κ1) is 16.8. The molecule has 1 amide bonds. The SMILES string of the molecule is Cc1cccc2sc(N3CCN(C(=O)C=Cc4ccccc4)CC3)nc12. The summed E-state index contributed by atoms with van der Waals surface area (Å²) in [6.45, 7) is 5.20. The Kier molecular flexibility index (Phi) is 4.71. The third kappa shape index (κ3) is 3.48. The molecule has 1 saturated heterocycles. The first-order chi connectivity index (χ1) is 12.7. The van der Waals surface area contributed by atoms with Gasteiger partial charge in [-0.25, -0.2) is 4.98 Å². The molecular weight excluding hydrogens is 342 g/mol. The largest absolute Gasteiger partial charge is 0.345 e. The van der Waals surface area contributed by atoms with E-state index in [9.17, 15) is 4.79 Å². The van der Waals surface area contributed by atoms with Crippen molar-refractivity contribution in [1.29, 1.82) is 0 Å². The normalized spacial score (nSPS) is 15.1. The Bertz CT molecular complexity index is 940. The molecule has 0 spiro atoms. The van der Waals surface area contributed by atoms with Crippen LogP contribution in [0.5, 0.6) is 0 Å². The monoisotopic (exact) mass is 363 g/mol. The van der Waals surface area contributed by atoms with Gasteiger partial charge in [0, 0.05) is 32.3 Å². The first-order valence-electron chi connectivity index (χ1n) is 8.84. The van der Waals surface area contributed by atoms with E-state index in [1.54, 1.807) is 17.4 Å². The number of aryl methyl sites for hydroxylation is 1. The van der Waals surface area contributed by atoms with E-state index in [1.807, 2.05) is 41.3 Å². The lowest BCUT2D eigenvalue weighted by Gasteiger charge is -2.34. The van der Waals surface area contributed by atoms with E-state index in [2.05, 4.69) is 30.0 Å². The number of hydrogen-bond acceptors (Lipinski definition) is 4. The highest BCUT2D eigenvalue weighted by atomic mass is 32.1. The fourth-order valence-corrected chi connectivity index (χ4v) is 4.26. The van der Waals surface area contributed by atoms with Gasteiger partial charge in [0.15, 0.2) is 5.13 Å². The van der Waals surface area contributed by atoms with Gasteiger partial charge in [0.05, 0.1) is 10.2 Å². The zero-order valence-corrected chi connectivity index (χ0v) is 15.6. The van der Waals surface area contributed by atoms with E-state index in [0.29, 0.717) is 0 Å². The number of para-hydroxylation sites is 1. The Morgan fingerprint density at radius 2 is 1.81 bits per heavy atom. The highest BCUT2D eigenvalue weighted by Crippen LogP contribution is 2.30. The molecule has 0 N–H and O–H groups in total. The summed E-state index contributed by atoms with van der Waals surface area (Å²) in [4.78, 5) is 21.4. The maximum absolute atomic E-state index is 12.4. The van der Waals surface area contributed by atoms with Crippen LogP contribution in [0.2, 0.25) is 0 Å². The molecule has 26 heavy (non-hydrogen) atoms. The smallest absolute Gasteiger partial charge is 0.246 e. The number of aromatic nitrogens is 1. The summed E-state index contributed by atoms with van der Waals surface area (Å²) in [5.41, 5.74) is 3.35. The molecule has 4 rings (SSSR count). The number of rotatable bonds is 3. The topological polar surface area (TPSA) is 36.4 Å². The number of anilines is 1. The maximum Gasteiger partial charge on any atom is 0.246 e. The molecule has 1 aliphatic rings. The lowest BCUT2D eigenvalue weighted by molar-refractivity contribution is -0.126. The first-order valence-corrected chi connectivity index (χ1v) is 9.65. The summed E-state index contributed by atoms with van der Waals surface area (Å²) in [5, 5.41) is 1.06. The molecule has 1 aliphatic heterocycles. The molecule has 0 saturated carbocycles. The average Bonchev–Trinajstić information content (AvgIpc) is 3.13. The van der Waals surface area contributed by atoms with Crippen LogP contribution in [0.1, 0.15) is 11.1 Å². The van der Waals surface area contributed by atoms with Crippen molar-refractivity contribution in [3.8, 4) is 0 Å². The number of carbonyl (C=O) groups is 1. The molecule has 0 radical (unpaired) electrons. The van der Waals surface area contributed by atoms with Gasteiger partial charge >= 0.3 is 0 Å². The summed E-state index contributed by atoms with van der Waals surface area (Å²) < 4.78 is 1.23. The van der Waals surface area contributed by atoms with Crippen molar-refractivity contribution in [2.45, 2.75) is 6.92 Å². The zero-order chi connectivity index (χ0) is 17.9. The van der Waals surface area contributed by atoms with Crippen LogP contribution in [0.3, 0.4) is 0 Å². The lowest BCUT2D eigenvalue weighted by atomic mass is 10.2. The predicted molar refractivity (Wildman–Crippen MR) is 109 cm³/mol. The van der Waals surface area contributed by atoms with Crippen molar-refractivity contribution >= 4 is 38.7 Å². The summed E-state index contributed by atoms with van der Waals surface area (Å²) in [5.74, 6) is 0.0775. The summed E-state index contributed by atoms with van der Waals surface area (Å²) in [7, 11) is 0. The van der Waals surface area contributed by atoms with E-state index < -0.39 is 0 Å². The second kappa shape index (κ2) is 7.30. The van der Waals surface area contributed by atoms with E-state index in [-0.39, 0.29) is 5.91 Å². The van der Waals surface area contributed by atoms with Crippen LogP contribution in [0.25, 0.3) is 16.3 Å². The second-order valence-corrected chi connectivity index (χ2v) is 7.48. The summed E-state index contributed by atoms with van der Waals surface area (Å²) >= 11 is 1.73. The number of fused-ring (bicyclic) bond motifs is 1. The van der Waals surface area contributed by atoms with E-state index in [4.69, 9.17) is 4.98 Å². The van der Waals surface area contributed by atoms with Gasteiger partial charge in [-0.3, -0.25) is 4.79 Å². The van der Waals surface area contributed by atoms with E-state index in [0.717, 1.165) is 42.4 Å². The minimum Gasteiger partial charge on any atom is -0.345 e. The Morgan fingerprint density at radius 1 is 1.04 bits per heavy atom. The maximum atomic E-state index is 12.4. The molecular formula is C21H21N3OS. The Hall–Kier alpha value is -2.66. The van der Waals surface area contributed by atoms with Gasteiger partial charge in [-0.05, 0) is 30.2 Å². The van der Waals surface area contributed by atoms with Crippen molar-refractivity contribution in [2.24, 2.45) is 0 Å². The number of piperazine rings is 1. The van der Waals surface area contributed by atoms with Crippen LogP contribution < -0.4 is 4.90 Å². The molecule has 1 fully saturated rings. The summed E-state index contributed by atoms with van der Waals surface area (Å²) in [6.07, 6.45) is 3.55. The molecule has 2 aromatic carbocycles. The van der Waals surface area contributed by atoms with Crippen LogP contribution in [0, 0.1) is 6.92 Å². The van der Waals surface area contributed by atoms with Crippen LogP contribution in [-0.4, -0.2) is 42.0 Å². The number of nitrogens with zero attached hydrogens (tertiary/aromatic N) is 3. The number of thiazole rings is 1. The predicted octanol–water partition coefficient (Wildman–Crippen LogP) is 3.97. The van der Waals surface area contributed by atoms with E-state index >= 15 is 0 Å². The lowest BCUT2D eigenvalue weighted by Crippen LogP contribution is -2.48. The van der Waals surface area contributed by atoms with Crippen molar-refractivity contribution in [3.63, 3.8) is 0 Å². The van der Waals surface area contributed by atoms with Gasteiger partial charge in [0.1, 0.15) is 0 Å². The minimum atomic E-state index is 0.0775. The van der Waals surface area contributed by atoms with Gasteiger partial charge in [0.2, 0.25) is 5.91 Å². The molecule has 5 heteroatoms. The highest BCUT2D eigenvalue weighted by Gasteiger charge is 2.22. The number of amides is 1. The van der Waals surface area contributed by atoms with Crippen molar-refractivity contribution in [3.05, 3.63) is 65.7 Å². The average molecular weight is 363 g/mol. The molecule has 0 atom stereocenters. The van der Waals surface area contributed by atoms with E-state index in [1.165, 1.54) is 10.3 Å². The number of carbonyl (C=O) groups excluding carboxylic acids is 1. The molecule has 2 heterocycles. The van der Waals surface area contributed by atoms with Crippen LogP contribution in [0.4, 0.5) is 5.13 Å². The fraction of sp³-hybridized carbons (Fsp3) is 0.238. The molecule has 0 aliphatic carbocycles. The number of hydrogen-bond donors (Lipinski definition) is 0. The van der Waals surface area contributed by atoms with Gasteiger partial charge < -0.3 is 9.80 Å². The zero-order valence-electron chi connectivity index (χ0n) is 14.8. The molecule has 132 valence electrons. The van der Waals surface area contributed by atoms with Crippen molar-refractivity contribution in [1.82, 2.24) is 9.88 Å². The van der Waals surface area contributed by atoms with Crippen LogP contribution in [0.15, 0.2) is 54.6 Å². The Labute approximate surface area is 157 Å². The van der Waals surface area contributed by atoms with Crippen molar-refractivity contribution in [2.75, 3.05) is 31.1 Å². The summed E-state index contributed by atoms with van der Waals surface area (Å²) in [6, 6.07) is 16.2. The minimum absolute atomic E-state index is 0.0775. The molecule has 3 aromatic rings. The third-order valence-corrected chi connectivity index (χ3v) is 5.77. The quantitative estimate of drug-likeness (QED) is 0.661. The third-order valence-electron chi connectivity index (χ3n) is 4.69. The van der Waals surface area contributed by atoms with Crippen LogP contribution >= 0.6 is 11.3 Å². The van der Waals surface area contributed by atoms with Crippen molar-refractivity contribution < 1.29 is 4.79 Å². The van der Waals surface area contributed by atoms with Gasteiger partial charge in [0.25, 0.3) is 0 Å². The fourth-order valence-electron chi connectivity index (χ4n) is 3.16. The van der Waals surface area contributed by atoms with Crippen LogP contribution in [-0.2, 0) is 4.79 Å². The highest BCUT2D eigenvalue weighted by molar-refractivity contribution is 7.22. The molecule has 0 unspecified atom stereocenters. The molecule has 0 bridgehead atoms.